The zero-order valence-corrected chi connectivity index (χ0v) is 12.9. The molecule has 8 heteroatoms. The average Bonchev–Trinajstić information content (AvgIpc) is 2.55. The third-order valence-electron chi connectivity index (χ3n) is 4.42. The Morgan fingerprint density at radius 2 is 2.00 bits per heavy atom. The number of fused-ring (bicyclic) bond motifs is 1. The van der Waals surface area contributed by atoms with Crippen LogP contribution in [-0.2, 0) is 9.59 Å². The van der Waals surface area contributed by atoms with Gasteiger partial charge in [-0.1, -0.05) is 19.3 Å². The number of nitrogens with one attached hydrogen (secondary N) is 2. The molecule has 1 aliphatic heterocycles. The van der Waals surface area contributed by atoms with Gasteiger partial charge in [0.25, 0.3) is 11.8 Å². The molecule has 0 radical (unpaired) electrons. The molecule has 3 N–H and O–H groups in total. The summed E-state index contributed by atoms with van der Waals surface area (Å²) in [5.74, 6) is -5.47. The summed E-state index contributed by atoms with van der Waals surface area (Å²) in [5, 5.41) is 14.9. The van der Waals surface area contributed by atoms with Crippen molar-refractivity contribution in [1.82, 2.24) is 0 Å². The van der Waals surface area contributed by atoms with Gasteiger partial charge < -0.3 is 20.5 Å². The van der Waals surface area contributed by atoms with Gasteiger partial charge in [-0.05, 0) is 25.0 Å². The topological polar surface area (TPSA) is 87.7 Å². The van der Waals surface area contributed by atoms with Crippen LogP contribution < -0.4 is 15.4 Å². The first-order chi connectivity index (χ1) is 11.3. The Bertz CT molecular complexity index is 672. The van der Waals surface area contributed by atoms with E-state index in [1.807, 2.05) is 0 Å². The second-order valence-electron chi connectivity index (χ2n) is 6.17. The number of carbonyl (C=O) groups is 2. The highest BCUT2D eigenvalue weighted by atomic mass is 19.3. The predicted molar refractivity (Wildman–Crippen MR) is 82.2 cm³/mol. The van der Waals surface area contributed by atoms with E-state index in [2.05, 4.69) is 10.6 Å². The molecular formula is C16H18F2N2O4. The molecule has 6 nitrogen and oxygen atoms in total. The Labute approximate surface area is 137 Å². The van der Waals surface area contributed by atoms with Crippen LogP contribution in [0, 0.1) is 0 Å². The number of hydrogen-bond acceptors (Lipinski definition) is 4. The molecule has 1 aromatic rings. The van der Waals surface area contributed by atoms with Gasteiger partial charge in [-0.3, -0.25) is 9.59 Å². The molecule has 0 aromatic heterocycles. The zero-order chi connectivity index (χ0) is 17.4. The van der Waals surface area contributed by atoms with Crippen molar-refractivity contribution < 1.29 is 28.2 Å². The second kappa shape index (κ2) is 6.01. The van der Waals surface area contributed by atoms with Crippen LogP contribution in [0.15, 0.2) is 18.2 Å². The molecule has 0 bridgehead atoms. The van der Waals surface area contributed by atoms with Crippen LogP contribution in [0.1, 0.15) is 32.1 Å². The first-order valence-corrected chi connectivity index (χ1v) is 7.80. The fourth-order valence-corrected chi connectivity index (χ4v) is 3.02. The van der Waals surface area contributed by atoms with Crippen LogP contribution in [0.2, 0.25) is 0 Å². The summed E-state index contributed by atoms with van der Waals surface area (Å²) in [4.78, 5) is 23.2. The molecule has 1 heterocycles. The molecule has 0 spiro atoms. The minimum Gasteiger partial charge on any atom is -0.482 e. The average molecular weight is 340 g/mol. The largest absolute Gasteiger partial charge is 0.482 e. The van der Waals surface area contributed by atoms with Crippen LogP contribution in [-0.4, -0.2) is 35.1 Å². The summed E-state index contributed by atoms with van der Waals surface area (Å²) in [7, 11) is 0. The maximum Gasteiger partial charge on any atom is 0.352 e. The molecule has 130 valence electrons. The molecule has 0 unspecified atom stereocenters. The SMILES string of the molecule is O=C1COc2cc(NC(=O)C(F)(F)C3(O)CCCCC3)ccc2N1. The van der Waals surface area contributed by atoms with Gasteiger partial charge in [-0.15, -0.1) is 0 Å². The zero-order valence-electron chi connectivity index (χ0n) is 12.9. The summed E-state index contributed by atoms with van der Waals surface area (Å²) in [6.45, 7) is -0.180. The molecule has 2 aliphatic rings. The van der Waals surface area contributed by atoms with Crippen LogP contribution in [0.3, 0.4) is 0 Å². The van der Waals surface area contributed by atoms with Crippen molar-refractivity contribution in [3.63, 3.8) is 0 Å². The molecule has 0 atom stereocenters. The highest BCUT2D eigenvalue weighted by Crippen LogP contribution is 2.41. The predicted octanol–water partition coefficient (Wildman–Crippen LogP) is 2.29. The Morgan fingerprint density at radius 1 is 1.29 bits per heavy atom. The molecule has 24 heavy (non-hydrogen) atoms. The van der Waals surface area contributed by atoms with E-state index in [0.29, 0.717) is 18.5 Å². The first-order valence-electron chi connectivity index (χ1n) is 7.80. The lowest BCUT2D eigenvalue weighted by atomic mass is 9.79. The third-order valence-corrected chi connectivity index (χ3v) is 4.42. The van der Waals surface area contributed by atoms with E-state index < -0.39 is 17.4 Å². The standard InChI is InChI=1S/C16H18F2N2O4/c17-16(18,15(23)6-2-1-3-7-15)14(22)19-10-4-5-11-12(8-10)24-9-13(21)20-11/h4-5,8,23H,1-3,6-7,9H2,(H,19,22)(H,20,21). The number of benzene rings is 1. The van der Waals surface area contributed by atoms with Crippen molar-refractivity contribution in [3.8, 4) is 5.75 Å². The van der Waals surface area contributed by atoms with Gasteiger partial charge in [0, 0.05) is 11.8 Å². The number of carbonyl (C=O) groups excluding carboxylic acids is 2. The van der Waals surface area contributed by atoms with Crippen LogP contribution in [0.25, 0.3) is 0 Å². The Morgan fingerprint density at radius 3 is 2.71 bits per heavy atom. The van der Waals surface area contributed by atoms with E-state index >= 15 is 0 Å². The van der Waals surface area contributed by atoms with Crippen molar-refractivity contribution in [2.45, 2.75) is 43.6 Å². The van der Waals surface area contributed by atoms with Crippen molar-refractivity contribution >= 4 is 23.2 Å². The van der Waals surface area contributed by atoms with Crippen molar-refractivity contribution in [1.29, 1.82) is 0 Å². The highest BCUT2D eigenvalue weighted by molar-refractivity contribution is 5.99. The number of aliphatic hydroxyl groups is 1. The van der Waals surface area contributed by atoms with E-state index in [0.717, 1.165) is 6.42 Å². The lowest BCUT2D eigenvalue weighted by Crippen LogP contribution is -2.56. The Hall–Kier alpha value is -2.22. The molecule has 2 amide bonds. The van der Waals surface area contributed by atoms with Crippen LogP contribution >= 0.6 is 0 Å². The lowest BCUT2D eigenvalue weighted by Gasteiger charge is -2.37. The number of anilines is 2. The van der Waals surface area contributed by atoms with Gasteiger partial charge in [0.15, 0.2) is 6.61 Å². The monoisotopic (exact) mass is 340 g/mol. The summed E-state index contributed by atoms with van der Waals surface area (Å²) in [6, 6.07) is 4.19. The Balaban J connectivity index is 1.75. The first kappa shape index (κ1) is 16.6. The lowest BCUT2D eigenvalue weighted by molar-refractivity contribution is -0.196. The normalized spacial score (nSPS) is 19.7. The summed E-state index contributed by atoms with van der Waals surface area (Å²) >= 11 is 0. The molecular weight excluding hydrogens is 322 g/mol. The van der Waals surface area contributed by atoms with E-state index in [9.17, 15) is 23.5 Å². The number of alkyl halides is 2. The molecule has 0 saturated heterocycles. The summed E-state index contributed by atoms with van der Waals surface area (Å²) in [6.07, 6.45) is 1.49. The van der Waals surface area contributed by atoms with Gasteiger partial charge in [0.1, 0.15) is 11.4 Å². The van der Waals surface area contributed by atoms with Gasteiger partial charge in [-0.2, -0.15) is 8.78 Å². The van der Waals surface area contributed by atoms with Crippen molar-refractivity contribution in [2.24, 2.45) is 0 Å². The van der Waals surface area contributed by atoms with E-state index in [4.69, 9.17) is 4.74 Å². The number of hydrogen-bond donors (Lipinski definition) is 3. The second-order valence-corrected chi connectivity index (χ2v) is 6.17. The van der Waals surface area contributed by atoms with Gasteiger partial charge in [0.2, 0.25) is 0 Å². The number of amides is 2. The van der Waals surface area contributed by atoms with Crippen molar-refractivity contribution in [3.05, 3.63) is 18.2 Å². The third kappa shape index (κ3) is 2.93. The minimum absolute atomic E-state index is 0.104. The molecule has 3 rings (SSSR count). The van der Waals surface area contributed by atoms with Gasteiger partial charge in [-0.25, -0.2) is 0 Å². The van der Waals surface area contributed by atoms with Gasteiger partial charge in [0.05, 0.1) is 5.69 Å². The maximum atomic E-state index is 14.4. The Kier molecular flexibility index (Phi) is 4.16. The molecule has 1 aliphatic carbocycles. The minimum atomic E-state index is -3.89. The summed E-state index contributed by atoms with van der Waals surface area (Å²) < 4.78 is 34.0. The molecule has 1 saturated carbocycles. The van der Waals surface area contributed by atoms with E-state index in [1.165, 1.54) is 18.2 Å². The number of halogens is 2. The fraction of sp³-hybridized carbons (Fsp3) is 0.500. The van der Waals surface area contributed by atoms with Crippen LogP contribution in [0.5, 0.6) is 5.75 Å². The smallest absolute Gasteiger partial charge is 0.352 e. The molecule has 1 aromatic carbocycles. The maximum absolute atomic E-state index is 14.4. The summed E-state index contributed by atoms with van der Waals surface area (Å²) in [5.41, 5.74) is -1.80. The quantitative estimate of drug-likeness (QED) is 0.788. The number of rotatable bonds is 3. The van der Waals surface area contributed by atoms with E-state index in [-0.39, 0.29) is 36.8 Å². The van der Waals surface area contributed by atoms with Crippen molar-refractivity contribution in [2.75, 3.05) is 17.2 Å². The number of ether oxygens (including phenoxy) is 1. The highest BCUT2D eigenvalue weighted by Gasteiger charge is 2.58. The fourth-order valence-electron chi connectivity index (χ4n) is 3.02. The van der Waals surface area contributed by atoms with Gasteiger partial charge >= 0.3 is 5.92 Å². The van der Waals surface area contributed by atoms with E-state index in [1.54, 1.807) is 0 Å². The van der Waals surface area contributed by atoms with Crippen LogP contribution in [0.4, 0.5) is 20.2 Å². The molecule has 1 fully saturated rings.